The summed E-state index contributed by atoms with van der Waals surface area (Å²) < 4.78 is 18.6. The van der Waals surface area contributed by atoms with E-state index in [9.17, 15) is 9.18 Å². The zero-order valence-corrected chi connectivity index (χ0v) is 9.26. The summed E-state index contributed by atoms with van der Waals surface area (Å²) in [6, 6.07) is 4.47. The van der Waals surface area contributed by atoms with Gasteiger partial charge in [0, 0.05) is 12.0 Å². The van der Waals surface area contributed by atoms with Crippen LogP contribution in [0.2, 0.25) is 0 Å². The summed E-state index contributed by atoms with van der Waals surface area (Å²) in [6.07, 6.45) is 0.624. The minimum Gasteiger partial charge on any atom is -0.490 e. The largest absolute Gasteiger partial charge is 0.490 e. The number of para-hydroxylation sites is 1. The third-order valence-electron chi connectivity index (χ3n) is 2.48. The number of alkyl halides is 1. The van der Waals surface area contributed by atoms with E-state index >= 15 is 0 Å². The van der Waals surface area contributed by atoms with Crippen LogP contribution in [0.5, 0.6) is 5.75 Å². The van der Waals surface area contributed by atoms with Gasteiger partial charge >= 0.3 is 0 Å². The number of rotatable bonds is 2. The summed E-state index contributed by atoms with van der Waals surface area (Å²) in [5.74, 6) is -0.526. The molecule has 0 aliphatic carbocycles. The van der Waals surface area contributed by atoms with Crippen LogP contribution in [-0.2, 0) is 4.79 Å². The normalized spacial score (nSPS) is 18.5. The Kier molecular flexibility index (Phi) is 3.29. The van der Waals surface area contributed by atoms with Crippen LogP contribution in [0.4, 0.5) is 4.39 Å². The summed E-state index contributed by atoms with van der Waals surface area (Å²) in [4.78, 5) is 11.2. The lowest BCUT2D eigenvalue weighted by molar-refractivity contribution is -0.119. The molecule has 86 valence electrons. The molecule has 1 aliphatic rings. The minimum atomic E-state index is -0.401. The van der Waals surface area contributed by atoms with Crippen molar-refractivity contribution in [1.29, 1.82) is 0 Å². The molecule has 1 N–H and O–H groups in total. The Morgan fingerprint density at radius 3 is 3.19 bits per heavy atom. The van der Waals surface area contributed by atoms with Gasteiger partial charge in [0.1, 0.15) is 5.88 Å². The number of hydrogen-bond acceptors (Lipinski definition) is 2. The van der Waals surface area contributed by atoms with Crippen LogP contribution < -0.4 is 10.1 Å². The monoisotopic (exact) mass is 243 g/mol. The average Bonchev–Trinajstić information content (AvgIpc) is 2.30. The first-order valence-corrected chi connectivity index (χ1v) is 5.52. The summed E-state index contributed by atoms with van der Waals surface area (Å²) in [6.45, 7) is 0.390. The highest BCUT2D eigenvalue weighted by Gasteiger charge is 2.24. The molecule has 0 unspecified atom stereocenters. The van der Waals surface area contributed by atoms with Crippen LogP contribution in [0.3, 0.4) is 0 Å². The molecule has 0 aromatic heterocycles. The summed E-state index contributed by atoms with van der Waals surface area (Å²) >= 11 is 5.41. The third-order valence-corrected chi connectivity index (χ3v) is 2.73. The lowest BCUT2D eigenvalue weighted by Gasteiger charge is -2.26. The highest BCUT2D eigenvalue weighted by molar-refractivity contribution is 6.27. The van der Waals surface area contributed by atoms with Crippen LogP contribution in [0.15, 0.2) is 18.2 Å². The molecule has 3 nitrogen and oxygen atoms in total. The van der Waals surface area contributed by atoms with Crippen molar-refractivity contribution < 1.29 is 13.9 Å². The number of nitrogens with one attached hydrogen (secondary N) is 1. The molecule has 0 bridgehead atoms. The van der Waals surface area contributed by atoms with Crippen LogP contribution in [0, 0.1) is 5.82 Å². The molecule has 1 aromatic rings. The van der Waals surface area contributed by atoms with E-state index in [1.165, 1.54) is 6.07 Å². The molecule has 1 aromatic carbocycles. The van der Waals surface area contributed by atoms with Gasteiger partial charge in [-0.25, -0.2) is 4.39 Å². The number of carbonyl (C=O) groups is 1. The van der Waals surface area contributed by atoms with Crippen molar-refractivity contribution in [2.24, 2.45) is 0 Å². The number of halogens is 2. The Hall–Kier alpha value is -1.29. The van der Waals surface area contributed by atoms with Gasteiger partial charge in [0.2, 0.25) is 5.91 Å². The number of ether oxygens (including phenoxy) is 1. The van der Waals surface area contributed by atoms with Crippen molar-refractivity contribution in [3.63, 3.8) is 0 Å². The highest BCUT2D eigenvalue weighted by Crippen LogP contribution is 2.33. The standard InChI is InChI=1S/C11H11ClFNO2/c12-6-10(15)14-9-4-5-16-11-7(9)2-1-3-8(11)13/h1-3,9H,4-6H2,(H,14,15)/t9-/m0/s1. The molecule has 1 aliphatic heterocycles. The van der Waals surface area contributed by atoms with Crippen molar-refractivity contribution in [1.82, 2.24) is 5.32 Å². The Morgan fingerprint density at radius 2 is 2.44 bits per heavy atom. The van der Waals surface area contributed by atoms with Gasteiger partial charge in [-0.1, -0.05) is 12.1 Å². The molecular weight excluding hydrogens is 233 g/mol. The smallest absolute Gasteiger partial charge is 0.235 e. The second-order valence-corrected chi connectivity index (χ2v) is 3.82. The Bertz CT molecular complexity index is 411. The van der Waals surface area contributed by atoms with Crippen molar-refractivity contribution in [2.45, 2.75) is 12.5 Å². The van der Waals surface area contributed by atoms with E-state index in [1.54, 1.807) is 12.1 Å². The van der Waals surface area contributed by atoms with Crippen LogP contribution in [0.25, 0.3) is 0 Å². The Labute approximate surface area is 97.5 Å². The molecule has 0 fully saturated rings. The molecule has 2 rings (SSSR count). The highest BCUT2D eigenvalue weighted by atomic mass is 35.5. The first kappa shape index (κ1) is 11.2. The zero-order chi connectivity index (χ0) is 11.5. The predicted molar refractivity (Wildman–Crippen MR) is 58.1 cm³/mol. The molecule has 1 heterocycles. The van der Waals surface area contributed by atoms with Gasteiger partial charge in [-0.15, -0.1) is 11.6 Å². The second kappa shape index (κ2) is 4.70. The van der Waals surface area contributed by atoms with Gasteiger partial charge in [-0.2, -0.15) is 0 Å². The van der Waals surface area contributed by atoms with Crippen LogP contribution in [0.1, 0.15) is 18.0 Å². The van der Waals surface area contributed by atoms with Crippen molar-refractivity contribution in [3.8, 4) is 5.75 Å². The maximum Gasteiger partial charge on any atom is 0.235 e. The molecular formula is C11H11ClFNO2. The Balaban J connectivity index is 2.26. The Morgan fingerprint density at radius 1 is 1.62 bits per heavy atom. The zero-order valence-electron chi connectivity index (χ0n) is 8.50. The van der Waals surface area contributed by atoms with E-state index in [4.69, 9.17) is 16.3 Å². The molecule has 1 atom stereocenters. The van der Waals surface area contributed by atoms with Gasteiger partial charge < -0.3 is 10.1 Å². The lowest BCUT2D eigenvalue weighted by Crippen LogP contribution is -2.33. The maximum absolute atomic E-state index is 13.4. The molecule has 5 heteroatoms. The lowest BCUT2D eigenvalue weighted by atomic mass is 10.0. The number of hydrogen-bond donors (Lipinski definition) is 1. The fourth-order valence-electron chi connectivity index (χ4n) is 1.77. The minimum absolute atomic E-state index is 0.0952. The molecule has 0 radical (unpaired) electrons. The van der Waals surface area contributed by atoms with Crippen molar-refractivity contribution in [3.05, 3.63) is 29.6 Å². The summed E-state index contributed by atoms with van der Waals surface area (Å²) in [5.41, 5.74) is 0.671. The van der Waals surface area contributed by atoms with Crippen LogP contribution in [-0.4, -0.2) is 18.4 Å². The van der Waals surface area contributed by atoms with Gasteiger partial charge in [-0.05, 0) is 6.07 Å². The second-order valence-electron chi connectivity index (χ2n) is 3.55. The maximum atomic E-state index is 13.4. The van der Waals surface area contributed by atoms with Gasteiger partial charge in [0.25, 0.3) is 0 Å². The van der Waals surface area contributed by atoms with Crippen LogP contribution >= 0.6 is 11.6 Å². The van der Waals surface area contributed by atoms with E-state index in [0.29, 0.717) is 18.6 Å². The quantitative estimate of drug-likeness (QED) is 0.807. The van der Waals surface area contributed by atoms with E-state index in [0.717, 1.165) is 0 Å². The average molecular weight is 244 g/mol. The van der Waals surface area contributed by atoms with E-state index in [-0.39, 0.29) is 23.6 Å². The number of amides is 1. The SMILES string of the molecule is O=C(CCl)N[C@H]1CCOc2c(F)cccc21. The molecule has 0 saturated heterocycles. The molecule has 1 amide bonds. The topological polar surface area (TPSA) is 38.3 Å². The fourth-order valence-corrected chi connectivity index (χ4v) is 1.85. The number of fused-ring (bicyclic) bond motifs is 1. The fraction of sp³-hybridized carbons (Fsp3) is 0.364. The molecule has 16 heavy (non-hydrogen) atoms. The van der Waals surface area contributed by atoms with Crippen molar-refractivity contribution >= 4 is 17.5 Å². The number of carbonyl (C=O) groups excluding carboxylic acids is 1. The van der Waals surface area contributed by atoms with Gasteiger partial charge in [0.15, 0.2) is 11.6 Å². The molecule has 0 saturated carbocycles. The van der Waals surface area contributed by atoms with E-state index in [1.807, 2.05) is 0 Å². The summed E-state index contributed by atoms with van der Waals surface area (Å²) in [5, 5.41) is 2.73. The predicted octanol–water partition coefficient (Wildman–Crippen LogP) is 2.00. The van der Waals surface area contributed by atoms with Crippen molar-refractivity contribution in [2.75, 3.05) is 12.5 Å². The van der Waals surface area contributed by atoms with E-state index < -0.39 is 5.82 Å². The number of benzene rings is 1. The summed E-state index contributed by atoms with van der Waals surface area (Å²) in [7, 11) is 0. The molecule has 0 spiro atoms. The first-order valence-electron chi connectivity index (χ1n) is 4.99. The van der Waals surface area contributed by atoms with Gasteiger partial charge in [0.05, 0.1) is 12.6 Å². The first-order chi connectivity index (χ1) is 7.72. The van der Waals surface area contributed by atoms with Gasteiger partial charge in [-0.3, -0.25) is 4.79 Å². The third kappa shape index (κ3) is 2.11. The van der Waals surface area contributed by atoms with E-state index in [2.05, 4.69) is 5.32 Å².